The topological polar surface area (TPSA) is 22.1 Å². The van der Waals surface area contributed by atoms with E-state index in [4.69, 9.17) is 27.9 Å². The molecule has 0 N–H and O–H groups in total. The summed E-state index contributed by atoms with van der Waals surface area (Å²) in [6.45, 7) is 2.90. The highest BCUT2D eigenvalue weighted by atomic mass is 35.5. The predicted octanol–water partition coefficient (Wildman–Crippen LogP) is 5.44. The Morgan fingerprint density at radius 3 is 2.62 bits per heavy atom. The lowest BCUT2D eigenvalue weighted by atomic mass is 10.0. The van der Waals surface area contributed by atoms with E-state index in [-0.39, 0.29) is 5.38 Å². The Morgan fingerprint density at radius 2 is 1.95 bits per heavy atom. The summed E-state index contributed by atoms with van der Waals surface area (Å²) in [7, 11) is 0. The number of unbranched alkanes of at least 4 members (excludes halogenated alkanes) is 1. The van der Waals surface area contributed by atoms with E-state index in [9.17, 15) is 0 Å². The van der Waals surface area contributed by atoms with Gasteiger partial charge in [0.15, 0.2) is 0 Å². The number of halogens is 2. The molecule has 4 heteroatoms. The molecule has 1 aromatic heterocycles. The molecule has 1 unspecified atom stereocenters. The molecule has 21 heavy (non-hydrogen) atoms. The maximum Gasteiger partial charge on any atom is 0.119 e. The van der Waals surface area contributed by atoms with Crippen LogP contribution in [0.4, 0.5) is 0 Å². The van der Waals surface area contributed by atoms with Crippen LogP contribution in [-0.2, 0) is 6.42 Å². The van der Waals surface area contributed by atoms with Crippen LogP contribution in [0.25, 0.3) is 0 Å². The van der Waals surface area contributed by atoms with E-state index in [1.165, 1.54) is 0 Å². The van der Waals surface area contributed by atoms with Gasteiger partial charge in [0.25, 0.3) is 0 Å². The molecule has 0 aliphatic rings. The Hall–Kier alpha value is -1.25. The first-order valence-corrected chi connectivity index (χ1v) is 7.97. The second kappa shape index (κ2) is 8.26. The Bertz CT molecular complexity index is 557. The van der Waals surface area contributed by atoms with E-state index in [1.807, 2.05) is 30.3 Å². The third kappa shape index (κ3) is 4.90. The number of alkyl halides is 1. The van der Waals surface area contributed by atoms with Crippen molar-refractivity contribution in [1.29, 1.82) is 0 Å². The van der Waals surface area contributed by atoms with Gasteiger partial charge in [-0.05, 0) is 42.2 Å². The van der Waals surface area contributed by atoms with Gasteiger partial charge < -0.3 is 4.74 Å². The highest BCUT2D eigenvalue weighted by Gasteiger charge is 2.11. The first-order valence-electron chi connectivity index (χ1n) is 7.16. The summed E-state index contributed by atoms with van der Waals surface area (Å²) in [4.78, 5) is 3.98. The Morgan fingerprint density at radius 1 is 1.19 bits per heavy atom. The molecule has 2 rings (SSSR count). The van der Waals surface area contributed by atoms with E-state index in [2.05, 4.69) is 11.9 Å². The SMILES string of the molecule is CCCCOc1ccc(C(Cl)Cc2ccncc2Cl)cc1. The van der Waals surface area contributed by atoms with Crippen LogP contribution >= 0.6 is 23.2 Å². The quantitative estimate of drug-likeness (QED) is 0.500. The standard InChI is InChI=1S/C17H19Cl2NO/c1-2-3-10-21-15-6-4-13(5-7-15)16(18)11-14-8-9-20-12-17(14)19/h4-9,12,16H,2-3,10-11H2,1H3. The average Bonchev–Trinajstić information content (AvgIpc) is 2.50. The average molecular weight is 324 g/mol. The van der Waals surface area contributed by atoms with Crippen molar-refractivity contribution in [3.63, 3.8) is 0 Å². The molecule has 0 amide bonds. The van der Waals surface area contributed by atoms with E-state index >= 15 is 0 Å². The van der Waals surface area contributed by atoms with Crippen LogP contribution in [0, 0.1) is 0 Å². The molecule has 112 valence electrons. The first-order chi connectivity index (χ1) is 10.2. The summed E-state index contributed by atoms with van der Waals surface area (Å²) in [6.07, 6.45) is 6.26. The monoisotopic (exact) mass is 323 g/mol. The van der Waals surface area contributed by atoms with Crippen LogP contribution in [0.5, 0.6) is 5.75 Å². The van der Waals surface area contributed by atoms with E-state index in [1.54, 1.807) is 12.4 Å². The van der Waals surface area contributed by atoms with Crippen molar-refractivity contribution >= 4 is 23.2 Å². The van der Waals surface area contributed by atoms with Gasteiger partial charge in [0.1, 0.15) is 5.75 Å². The van der Waals surface area contributed by atoms with Gasteiger partial charge in [-0.25, -0.2) is 0 Å². The van der Waals surface area contributed by atoms with Crippen LogP contribution in [-0.4, -0.2) is 11.6 Å². The molecule has 0 bridgehead atoms. The Kier molecular flexibility index (Phi) is 6.34. The molecule has 1 heterocycles. The van der Waals surface area contributed by atoms with Gasteiger partial charge in [-0.3, -0.25) is 4.98 Å². The van der Waals surface area contributed by atoms with Gasteiger partial charge in [0, 0.05) is 12.4 Å². The number of aromatic nitrogens is 1. The van der Waals surface area contributed by atoms with Crippen molar-refractivity contribution in [2.24, 2.45) is 0 Å². The van der Waals surface area contributed by atoms with Crippen LogP contribution < -0.4 is 4.74 Å². The fourth-order valence-corrected chi connectivity index (χ4v) is 2.50. The lowest BCUT2D eigenvalue weighted by molar-refractivity contribution is 0.309. The molecular weight excluding hydrogens is 305 g/mol. The lowest BCUT2D eigenvalue weighted by Gasteiger charge is -2.12. The second-order valence-corrected chi connectivity index (χ2v) is 5.84. The summed E-state index contributed by atoms with van der Waals surface area (Å²) in [6, 6.07) is 9.85. The van der Waals surface area contributed by atoms with Gasteiger partial charge in [-0.1, -0.05) is 37.1 Å². The summed E-state index contributed by atoms with van der Waals surface area (Å²) in [5.41, 5.74) is 2.07. The molecule has 0 saturated heterocycles. The maximum absolute atomic E-state index is 6.47. The minimum absolute atomic E-state index is 0.116. The molecule has 0 radical (unpaired) electrons. The number of nitrogens with zero attached hydrogens (tertiary/aromatic N) is 1. The number of benzene rings is 1. The lowest BCUT2D eigenvalue weighted by Crippen LogP contribution is -1.99. The van der Waals surface area contributed by atoms with Gasteiger partial charge in [-0.2, -0.15) is 0 Å². The molecule has 1 aromatic carbocycles. The van der Waals surface area contributed by atoms with Crippen LogP contribution in [0.2, 0.25) is 5.02 Å². The minimum Gasteiger partial charge on any atom is -0.494 e. The summed E-state index contributed by atoms with van der Waals surface area (Å²) < 4.78 is 5.65. The van der Waals surface area contributed by atoms with E-state index in [0.717, 1.165) is 36.3 Å². The normalized spacial score (nSPS) is 12.1. The number of ether oxygens (including phenoxy) is 1. The number of hydrogen-bond acceptors (Lipinski definition) is 2. The summed E-state index contributed by atoms with van der Waals surface area (Å²) in [5, 5.41) is 0.539. The van der Waals surface area contributed by atoms with Gasteiger partial charge in [0.05, 0.1) is 17.0 Å². The van der Waals surface area contributed by atoms with Crippen molar-refractivity contribution in [3.05, 3.63) is 58.9 Å². The number of hydrogen-bond donors (Lipinski definition) is 0. The smallest absolute Gasteiger partial charge is 0.119 e. The predicted molar refractivity (Wildman–Crippen MR) is 88.4 cm³/mol. The summed E-state index contributed by atoms with van der Waals surface area (Å²) >= 11 is 12.6. The maximum atomic E-state index is 6.47. The third-order valence-corrected chi connectivity index (χ3v) is 4.01. The molecule has 0 spiro atoms. The fraction of sp³-hybridized carbons (Fsp3) is 0.353. The second-order valence-electron chi connectivity index (χ2n) is 4.91. The van der Waals surface area contributed by atoms with Crippen molar-refractivity contribution in [1.82, 2.24) is 4.98 Å². The third-order valence-electron chi connectivity index (χ3n) is 3.26. The van der Waals surface area contributed by atoms with Crippen LogP contribution in [0.1, 0.15) is 36.3 Å². The summed E-state index contributed by atoms with van der Waals surface area (Å²) in [5.74, 6) is 0.887. The van der Waals surface area contributed by atoms with Gasteiger partial charge in [0.2, 0.25) is 0 Å². The zero-order valence-electron chi connectivity index (χ0n) is 12.1. The van der Waals surface area contributed by atoms with Crippen LogP contribution in [0.3, 0.4) is 0 Å². The first kappa shape index (κ1) is 16.1. The number of rotatable bonds is 7. The minimum atomic E-state index is -0.116. The molecule has 0 saturated carbocycles. The molecule has 0 fully saturated rings. The highest BCUT2D eigenvalue weighted by Crippen LogP contribution is 2.29. The largest absolute Gasteiger partial charge is 0.494 e. The molecule has 1 atom stereocenters. The van der Waals surface area contributed by atoms with Gasteiger partial charge in [-0.15, -0.1) is 11.6 Å². The Balaban J connectivity index is 1.96. The van der Waals surface area contributed by atoms with Crippen LogP contribution in [0.15, 0.2) is 42.7 Å². The molecule has 2 aromatic rings. The zero-order chi connectivity index (χ0) is 15.1. The van der Waals surface area contributed by atoms with Crippen molar-refractivity contribution < 1.29 is 4.74 Å². The van der Waals surface area contributed by atoms with E-state index in [0.29, 0.717) is 11.4 Å². The molecule has 0 aliphatic carbocycles. The molecule has 2 nitrogen and oxygen atoms in total. The highest BCUT2D eigenvalue weighted by molar-refractivity contribution is 6.31. The van der Waals surface area contributed by atoms with Crippen molar-refractivity contribution in [2.45, 2.75) is 31.6 Å². The van der Waals surface area contributed by atoms with Crippen molar-refractivity contribution in [3.8, 4) is 5.75 Å². The number of pyridine rings is 1. The Labute approximate surface area is 136 Å². The van der Waals surface area contributed by atoms with Crippen molar-refractivity contribution in [2.75, 3.05) is 6.61 Å². The zero-order valence-corrected chi connectivity index (χ0v) is 13.6. The molecule has 0 aliphatic heterocycles. The fourth-order valence-electron chi connectivity index (χ4n) is 1.99. The van der Waals surface area contributed by atoms with E-state index < -0.39 is 0 Å². The van der Waals surface area contributed by atoms with Gasteiger partial charge >= 0.3 is 0 Å². The molecular formula is C17H19Cl2NO.